The summed E-state index contributed by atoms with van der Waals surface area (Å²) in [6, 6.07) is 0. The van der Waals surface area contributed by atoms with Crippen LogP contribution in [0.5, 0.6) is 0 Å². The Morgan fingerprint density at radius 3 is 1.70 bits per heavy atom. The van der Waals surface area contributed by atoms with Crippen LogP contribution in [0.15, 0.2) is 0 Å². The number of carbonyl (C=O) groups is 1. The van der Waals surface area contributed by atoms with Crippen molar-refractivity contribution >= 4 is 17.4 Å². The SMILES string of the molecule is O.O=C(C(F)Cl)C(F)(F)F. The van der Waals surface area contributed by atoms with Crippen molar-refractivity contribution in [2.75, 3.05) is 0 Å². The third-order valence-corrected chi connectivity index (χ3v) is 0.676. The van der Waals surface area contributed by atoms with E-state index >= 15 is 0 Å². The maximum Gasteiger partial charge on any atom is 0.454 e. The Balaban J connectivity index is 0. The van der Waals surface area contributed by atoms with Crippen LogP contribution in [0, 0.1) is 0 Å². The van der Waals surface area contributed by atoms with Gasteiger partial charge >= 0.3 is 6.18 Å². The first kappa shape index (κ1) is 12.3. The highest BCUT2D eigenvalue weighted by atomic mass is 35.5. The van der Waals surface area contributed by atoms with Crippen LogP contribution in [0.3, 0.4) is 0 Å². The Morgan fingerprint density at radius 1 is 1.40 bits per heavy atom. The molecule has 0 spiro atoms. The number of ketones is 1. The van der Waals surface area contributed by atoms with Crippen molar-refractivity contribution in [3.63, 3.8) is 0 Å². The predicted octanol–water partition coefficient (Wildman–Crippen LogP) is 0.827. The fourth-order valence-electron chi connectivity index (χ4n) is 0.124. The Kier molecular flexibility index (Phi) is 4.59. The molecule has 0 rings (SSSR count). The van der Waals surface area contributed by atoms with E-state index in [9.17, 15) is 22.4 Å². The fraction of sp³-hybridized carbons (Fsp3) is 0.667. The highest BCUT2D eigenvalue weighted by Gasteiger charge is 2.43. The number of Topliss-reactive ketones (excluding diaryl/α,β-unsaturated/α-hetero) is 1. The summed E-state index contributed by atoms with van der Waals surface area (Å²) < 4.78 is 44.4. The molecule has 0 aliphatic carbocycles. The van der Waals surface area contributed by atoms with Gasteiger partial charge in [-0.2, -0.15) is 13.2 Å². The molecule has 0 saturated heterocycles. The molecule has 1 unspecified atom stereocenters. The molecule has 10 heavy (non-hydrogen) atoms. The molecule has 2 nitrogen and oxygen atoms in total. The Morgan fingerprint density at radius 2 is 1.70 bits per heavy atom. The van der Waals surface area contributed by atoms with Crippen molar-refractivity contribution in [2.24, 2.45) is 0 Å². The summed E-state index contributed by atoms with van der Waals surface area (Å²) in [5, 5.41) is 0. The van der Waals surface area contributed by atoms with Gasteiger partial charge in [-0.1, -0.05) is 11.6 Å². The molecule has 1 atom stereocenters. The van der Waals surface area contributed by atoms with Crippen molar-refractivity contribution in [1.29, 1.82) is 0 Å². The molecule has 0 aliphatic rings. The van der Waals surface area contributed by atoms with Crippen molar-refractivity contribution in [1.82, 2.24) is 0 Å². The summed E-state index contributed by atoms with van der Waals surface area (Å²) in [7, 11) is 0. The van der Waals surface area contributed by atoms with Gasteiger partial charge in [0, 0.05) is 0 Å². The summed E-state index contributed by atoms with van der Waals surface area (Å²) in [5.41, 5.74) is -2.98. The average molecular weight is 182 g/mol. The molecule has 0 aromatic rings. The quantitative estimate of drug-likeness (QED) is 0.438. The first-order chi connectivity index (χ1) is 3.85. The van der Waals surface area contributed by atoms with Gasteiger partial charge in [0.15, 0.2) is 0 Å². The number of hydrogen-bond donors (Lipinski definition) is 0. The zero-order chi connectivity index (χ0) is 7.65. The van der Waals surface area contributed by atoms with E-state index < -0.39 is 17.6 Å². The van der Waals surface area contributed by atoms with Crippen LogP contribution < -0.4 is 0 Å². The second-order valence-corrected chi connectivity index (χ2v) is 1.55. The topological polar surface area (TPSA) is 48.6 Å². The van der Waals surface area contributed by atoms with Crippen LogP contribution in [0.2, 0.25) is 0 Å². The van der Waals surface area contributed by atoms with Gasteiger partial charge in [0.1, 0.15) is 0 Å². The van der Waals surface area contributed by atoms with E-state index in [2.05, 4.69) is 11.6 Å². The van der Waals surface area contributed by atoms with Crippen molar-refractivity contribution in [3.8, 4) is 0 Å². The monoisotopic (exact) mass is 182 g/mol. The lowest BCUT2D eigenvalue weighted by Gasteiger charge is -2.02. The fourth-order valence-corrected chi connectivity index (χ4v) is 0.247. The molecule has 0 bridgehead atoms. The smallest absolute Gasteiger partial charge is 0.412 e. The van der Waals surface area contributed by atoms with Crippen LogP contribution >= 0.6 is 11.6 Å². The second kappa shape index (κ2) is 3.72. The van der Waals surface area contributed by atoms with Gasteiger partial charge in [0.05, 0.1) is 0 Å². The van der Waals surface area contributed by atoms with E-state index in [1.807, 2.05) is 0 Å². The number of alkyl halides is 5. The van der Waals surface area contributed by atoms with Crippen LogP contribution in [-0.2, 0) is 4.79 Å². The first-order valence-electron chi connectivity index (χ1n) is 1.75. The van der Waals surface area contributed by atoms with Crippen LogP contribution in [0.1, 0.15) is 0 Å². The van der Waals surface area contributed by atoms with Crippen molar-refractivity contribution in [2.45, 2.75) is 11.8 Å². The molecule has 2 N–H and O–H groups in total. The zero-order valence-corrected chi connectivity index (χ0v) is 5.13. The molecule has 0 radical (unpaired) electrons. The van der Waals surface area contributed by atoms with E-state index in [0.717, 1.165) is 0 Å². The third-order valence-electron chi connectivity index (χ3n) is 0.478. The summed E-state index contributed by atoms with van der Waals surface area (Å²) in [5.74, 6) is -2.57. The molecule has 0 amide bonds. The molecule has 0 aromatic carbocycles. The molecule has 0 fully saturated rings. The molecule has 0 aromatic heterocycles. The minimum atomic E-state index is -5.17. The molecular formula is C3H3ClF4O2. The van der Waals surface area contributed by atoms with Crippen LogP contribution in [-0.4, -0.2) is 23.1 Å². The van der Waals surface area contributed by atoms with E-state index in [-0.39, 0.29) is 5.48 Å². The lowest BCUT2D eigenvalue weighted by atomic mass is 10.4. The standard InChI is InChI=1S/C3HClF4O.H2O/c4-2(5)1(9)3(6,7)8;/h2H;1H2. The highest BCUT2D eigenvalue weighted by molar-refractivity contribution is 6.30. The summed E-state index contributed by atoms with van der Waals surface area (Å²) in [4.78, 5) is 9.53. The highest BCUT2D eigenvalue weighted by Crippen LogP contribution is 2.20. The van der Waals surface area contributed by atoms with Gasteiger partial charge < -0.3 is 5.48 Å². The third kappa shape index (κ3) is 3.62. The molecule has 0 aliphatic heterocycles. The van der Waals surface area contributed by atoms with Crippen LogP contribution in [0.25, 0.3) is 0 Å². The number of carbonyl (C=O) groups excluding carboxylic acids is 1. The summed E-state index contributed by atoms with van der Waals surface area (Å²) in [6.07, 6.45) is -5.17. The van der Waals surface area contributed by atoms with E-state index in [1.54, 1.807) is 0 Å². The maximum atomic E-state index is 11.3. The molecule has 7 heteroatoms. The zero-order valence-electron chi connectivity index (χ0n) is 4.38. The number of rotatable bonds is 1. The van der Waals surface area contributed by atoms with Gasteiger partial charge in [0.2, 0.25) is 5.63 Å². The first-order valence-corrected chi connectivity index (χ1v) is 2.18. The van der Waals surface area contributed by atoms with Gasteiger partial charge in [-0.25, -0.2) is 4.39 Å². The van der Waals surface area contributed by atoms with Gasteiger partial charge in [-0.05, 0) is 0 Å². The molecule has 0 saturated carbocycles. The molecule has 62 valence electrons. The van der Waals surface area contributed by atoms with E-state index in [0.29, 0.717) is 0 Å². The number of hydrogen-bond acceptors (Lipinski definition) is 1. The maximum absolute atomic E-state index is 11.3. The lowest BCUT2D eigenvalue weighted by molar-refractivity contribution is -0.173. The van der Waals surface area contributed by atoms with Gasteiger partial charge in [0.25, 0.3) is 5.78 Å². The predicted molar refractivity (Wildman–Crippen MR) is 25.4 cm³/mol. The average Bonchev–Trinajstić information content (AvgIpc) is 1.62. The van der Waals surface area contributed by atoms with Crippen molar-refractivity contribution < 1.29 is 27.8 Å². The normalized spacial score (nSPS) is 13.7. The summed E-state index contributed by atoms with van der Waals surface area (Å²) in [6.45, 7) is 0. The minimum Gasteiger partial charge on any atom is -0.412 e. The Hall–Kier alpha value is -0.360. The second-order valence-electron chi connectivity index (χ2n) is 1.16. The van der Waals surface area contributed by atoms with Gasteiger partial charge in [-0.3, -0.25) is 4.79 Å². The summed E-state index contributed by atoms with van der Waals surface area (Å²) >= 11 is 4.18. The van der Waals surface area contributed by atoms with Crippen LogP contribution in [0.4, 0.5) is 17.6 Å². The van der Waals surface area contributed by atoms with E-state index in [4.69, 9.17) is 0 Å². The van der Waals surface area contributed by atoms with Crippen molar-refractivity contribution in [3.05, 3.63) is 0 Å². The van der Waals surface area contributed by atoms with Gasteiger partial charge in [-0.15, -0.1) is 0 Å². The largest absolute Gasteiger partial charge is 0.454 e. The Labute approximate surface area is 58.1 Å². The Bertz CT molecular complexity index is 120. The lowest BCUT2D eigenvalue weighted by Crippen LogP contribution is -2.28. The minimum absolute atomic E-state index is 0. The molecule has 0 heterocycles. The number of halogens is 5. The van der Waals surface area contributed by atoms with E-state index in [1.165, 1.54) is 0 Å². The molecular weight excluding hydrogens is 179 g/mol.